The number of hydrogen-bond acceptors (Lipinski definition) is 4. The largest absolute Gasteiger partial charge is 0.399 e. The maximum Gasteiger partial charge on any atom is 0.182 e. The van der Waals surface area contributed by atoms with Crippen LogP contribution in [0.1, 0.15) is 45.2 Å². The van der Waals surface area contributed by atoms with Crippen molar-refractivity contribution >= 4 is 5.69 Å². The molecule has 2 N–H and O–H groups in total. The van der Waals surface area contributed by atoms with Crippen molar-refractivity contribution in [3.05, 3.63) is 23.8 Å². The van der Waals surface area contributed by atoms with E-state index in [1.807, 2.05) is 29.8 Å². The number of benzene rings is 1. The molecule has 1 aromatic carbocycles. The summed E-state index contributed by atoms with van der Waals surface area (Å²) in [6.45, 7) is 8.62. The summed E-state index contributed by atoms with van der Waals surface area (Å²) in [7, 11) is 0. The van der Waals surface area contributed by atoms with Gasteiger partial charge in [-0.3, -0.25) is 0 Å². The quantitative estimate of drug-likeness (QED) is 0.849. The summed E-state index contributed by atoms with van der Waals surface area (Å²) in [5.41, 5.74) is 8.71. The summed E-state index contributed by atoms with van der Waals surface area (Å²) < 4.78 is 1.91. The molecule has 0 bridgehead atoms. The molecule has 2 aromatic rings. The maximum atomic E-state index is 5.86. The molecule has 0 aliphatic carbocycles. The van der Waals surface area contributed by atoms with Crippen LogP contribution < -0.4 is 5.73 Å². The van der Waals surface area contributed by atoms with Crippen molar-refractivity contribution in [2.75, 3.05) is 5.73 Å². The molecule has 0 fully saturated rings. The highest BCUT2D eigenvalue weighted by Gasteiger charge is 2.15. The molecule has 5 heteroatoms. The monoisotopic (exact) mass is 273 g/mol. The first-order chi connectivity index (χ1) is 9.49. The second-order valence-electron chi connectivity index (χ2n) is 5.84. The van der Waals surface area contributed by atoms with E-state index in [0.717, 1.165) is 29.1 Å². The number of anilines is 1. The zero-order valence-electron chi connectivity index (χ0n) is 12.7. The summed E-state index contributed by atoms with van der Waals surface area (Å²) in [6, 6.07) is 6.20. The van der Waals surface area contributed by atoms with Crippen LogP contribution in [0.3, 0.4) is 0 Å². The van der Waals surface area contributed by atoms with Gasteiger partial charge in [-0.2, -0.15) is 0 Å². The first-order valence-corrected chi connectivity index (χ1v) is 7.13. The highest BCUT2D eigenvalue weighted by molar-refractivity contribution is 5.61. The van der Waals surface area contributed by atoms with Crippen LogP contribution in [-0.2, 0) is 0 Å². The predicted octanol–water partition coefficient (Wildman–Crippen LogP) is 3.23. The average molecular weight is 273 g/mol. The lowest BCUT2D eigenvalue weighted by molar-refractivity contribution is 0.406. The van der Waals surface area contributed by atoms with Crippen molar-refractivity contribution in [2.45, 2.75) is 46.6 Å². The first kappa shape index (κ1) is 14.5. The smallest absolute Gasteiger partial charge is 0.182 e. The fourth-order valence-electron chi connectivity index (χ4n) is 2.19. The third kappa shape index (κ3) is 3.15. The molecule has 1 aromatic heterocycles. The molecule has 1 unspecified atom stereocenters. The van der Waals surface area contributed by atoms with Crippen molar-refractivity contribution in [1.29, 1.82) is 0 Å². The van der Waals surface area contributed by atoms with E-state index in [1.165, 1.54) is 6.42 Å². The lowest BCUT2D eigenvalue weighted by atomic mass is 10.0. The fourth-order valence-corrected chi connectivity index (χ4v) is 2.19. The second kappa shape index (κ2) is 6.03. The van der Waals surface area contributed by atoms with Gasteiger partial charge in [-0.25, -0.2) is 4.68 Å². The van der Waals surface area contributed by atoms with Gasteiger partial charge in [-0.15, -0.1) is 5.10 Å². The standard InChI is InChI=1S/C15H23N5/c1-10(2)5-6-12(4)20-15(17-18-19-20)13-7-8-14(16)11(3)9-13/h7-10,12H,5-6,16H2,1-4H3. The normalized spacial score (nSPS) is 12.8. The topological polar surface area (TPSA) is 69.6 Å². The fraction of sp³-hybridized carbons (Fsp3) is 0.533. The van der Waals surface area contributed by atoms with Crippen molar-refractivity contribution < 1.29 is 0 Å². The molecule has 5 nitrogen and oxygen atoms in total. The van der Waals surface area contributed by atoms with Crippen LogP contribution in [-0.4, -0.2) is 20.2 Å². The first-order valence-electron chi connectivity index (χ1n) is 7.13. The van der Waals surface area contributed by atoms with Gasteiger partial charge < -0.3 is 5.73 Å². The van der Waals surface area contributed by atoms with E-state index in [0.29, 0.717) is 12.0 Å². The van der Waals surface area contributed by atoms with Gasteiger partial charge >= 0.3 is 0 Å². The Labute approximate surface area is 120 Å². The molecule has 1 atom stereocenters. The molecule has 20 heavy (non-hydrogen) atoms. The Morgan fingerprint density at radius 3 is 2.60 bits per heavy atom. The van der Waals surface area contributed by atoms with E-state index < -0.39 is 0 Å². The van der Waals surface area contributed by atoms with Gasteiger partial charge in [0, 0.05) is 11.3 Å². The van der Waals surface area contributed by atoms with Crippen molar-refractivity contribution in [3.63, 3.8) is 0 Å². The highest BCUT2D eigenvalue weighted by atomic mass is 15.5. The number of aromatic nitrogens is 4. The average Bonchev–Trinajstić information content (AvgIpc) is 2.88. The van der Waals surface area contributed by atoms with Crippen LogP contribution >= 0.6 is 0 Å². The minimum atomic E-state index is 0.292. The Hall–Kier alpha value is -1.91. The minimum absolute atomic E-state index is 0.292. The summed E-state index contributed by atoms with van der Waals surface area (Å²) in [5, 5.41) is 12.1. The molecule has 0 spiro atoms. The molecule has 108 valence electrons. The third-order valence-corrected chi connectivity index (χ3v) is 3.60. The maximum absolute atomic E-state index is 5.86. The summed E-state index contributed by atoms with van der Waals surface area (Å²) in [5.74, 6) is 1.50. The van der Waals surface area contributed by atoms with Crippen molar-refractivity contribution in [3.8, 4) is 11.4 Å². The molecule has 0 saturated carbocycles. The van der Waals surface area contributed by atoms with E-state index in [2.05, 4.69) is 36.3 Å². The van der Waals surface area contributed by atoms with Crippen molar-refractivity contribution in [1.82, 2.24) is 20.2 Å². The SMILES string of the molecule is Cc1cc(-c2nnnn2C(C)CCC(C)C)ccc1N. The van der Waals surface area contributed by atoms with Gasteiger partial charge in [0.05, 0.1) is 6.04 Å². The minimum Gasteiger partial charge on any atom is -0.399 e. The number of tetrazole rings is 1. The molecule has 0 aliphatic rings. The lowest BCUT2D eigenvalue weighted by Crippen LogP contribution is -2.10. The zero-order chi connectivity index (χ0) is 14.7. The van der Waals surface area contributed by atoms with Crippen molar-refractivity contribution in [2.24, 2.45) is 5.92 Å². The highest BCUT2D eigenvalue weighted by Crippen LogP contribution is 2.25. The van der Waals surface area contributed by atoms with Gasteiger partial charge in [-0.1, -0.05) is 13.8 Å². The number of nitrogen functional groups attached to an aromatic ring is 1. The summed E-state index contributed by atoms with van der Waals surface area (Å²) in [6.07, 6.45) is 2.24. The van der Waals surface area contributed by atoms with Crippen LogP contribution in [0.2, 0.25) is 0 Å². The second-order valence-corrected chi connectivity index (χ2v) is 5.84. The molecule has 0 aliphatic heterocycles. The zero-order valence-corrected chi connectivity index (χ0v) is 12.7. The Balaban J connectivity index is 2.25. The Morgan fingerprint density at radius 1 is 1.20 bits per heavy atom. The summed E-state index contributed by atoms with van der Waals surface area (Å²) >= 11 is 0. The molecule has 0 saturated heterocycles. The molecular formula is C15H23N5. The van der Waals surface area contributed by atoms with E-state index in [-0.39, 0.29) is 0 Å². The van der Waals surface area contributed by atoms with Crippen LogP contribution in [0, 0.1) is 12.8 Å². The molecule has 0 amide bonds. The molecule has 1 heterocycles. The number of nitrogens with two attached hydrogens (primary N) is 1. The van der Waals surface area contributed by atoms with E-state index in [4.69, 9.17) is 5.73 Å². The van der Waals surface area contributed by atoms with Crippen LogP contribution in [0.15, 0.2) is 18.2 Å². The number of nitrogens with zero attached hydrogens (tertiary/aromatic N) is 4. The van der Waals surface area contributed by atoms with Gasteiger partial charge in [0.25, 0.3) is 0 Å². The Kier molecular flexibility index (Phi) is 4.37. The van der Waals surface area contributed by atoms with E-state index >= 15 is 0 Å². The van der Waals surface area contributed by atoms with Crippen LogP contribution in [0.5, 0.6) is 0 Å². The Morgan fingerprint density at radius 2 is 1.95 bits per heavy atom. The number of aryl methyl sites for hydroxylation is 1. The van der Waals surface area contributed by atoms with Crippen LogP contribution in [0.4, 0.5) is 5.69 Å². The lowest BCUT2D eigenvalue weighted by Gasteiger charge is -2.15. The molecule has 0 radical (unpaired) electrons. The van der Waals surface area contributed by atoms with E-state index in [1.54, 1.807) is 0 Å². The van der Waals surface area contributed by atoms with Crippen LogP contribution in [0.25, 0.3) is 11.4 Å². The number of hydrogen-bond donors (Lipinski definition) is 1. The summed E-state index contributed by atoms with van der Waals surface area (Å²) in [4.78, 5) is 0. The van der Waals surface area contributed by atoms with Gasteiger partial charge in [-0.05, 0) is 66.8 Å². The predicted molar refractivity (Wildman–Crippen MR) is 81.2 cm³/mol. The number of rotatable bonds is 5. The third-order valence-electron chi connectivity index (χ3n) is 3.60. The van der Waals surface area contributed by atoms with Gasteiger partial charge in [0.2, 0.25) is 0 Å². The van der Waals surface area contributed by atoms with E-state index in [9.17, 15) is 0 Å². The van der Waals surface area contributed by atoms with Gasteiger partial charge in [0.1, 0.15) is 0 Å². The molecule has 2 rings (SSSR count). The molecular weight excluding hydrogens is 250 g/mol. The Bertz CT molecular complexity index is 573. The van der Waals surface area contributed by atoms with Gasteiger partial charge in [0.15, 0.2) is 5.82 Å².